The van der Waals surface area contributed by atoms with Crippen LogP contribution in [0.15, 0.2) is 79.0 Å². The summed E-state index contributed by atoms with van der Waals surface area (Å²) in [6.45, 7) is 6.66. The van der Waals surface area contributed by atoms with Gasteiger partial charge in [0, 0.05) is 67.9 Å². The van der Waals surface area contributed by atoms with Gasteiger partial charge in [-0.3, -0.25) is 19.8 Å². The van der Waals surface area contributed by atoms with Gasteiger partial charge in [-0.2, -0.15) is 5.10 Å². The number of amides is 1. The fraction of sp³-hybridized carbons (Fsp3) is 0.270. The molecule has 6 aromatic rings. The number of H-pyrrole nitrogens is 1. The number of nitrogens with one attached hydrogen (secondary N) is 2. The van der Waals surface area contributed by atoms with Crippen LogP contribution in [0.4, 0.5) is 5.69 Å². The van der Waals surface area contributed by atoms with Crippen LogP contribution in [-0.2, 0) is 24.9 Å². The van der Waals surface area contributed by atoms with E-state index >= 15 is 0 Å². The van der Waals surface area contributed by atoms with Crippen LogP contribution in [0, 0.1) is 6.92 Å². The van der Waals surface area contributed by atoms with Crippen molar-refractivity contribution >= 4 is 50.7 Å². The molecule has 0 saturated carbocycles. The molecule has 2 N–H and O–H groups in total. The summed E-state index contributed by atoms with van der Waals surface area (Å²) in [5, 5.41) is 11.8. The number of benzene rings is 2. The molecule has 250 valence electrons. The number of carbonyl (C=O) groups excluding carboxylic acids is 1. The Hall–Kier alpha value is -5.10. The highest BCUT2D eigenvalue weighted by Gasteiger charge is 2.18. The summed E-state index contributed by atoms with van der Waals surface area (Å²) < 4.78 is 12.7. The smallest absolute Gasteiger partial charge is 0.255 e. The van der Waals surface area contributed by atoms with E-state index in [2.05, 4.69) is 36.0 Å². The van der Waals surface area contributed by atoms with Gasteiger partial charge in [-0.15, -0.1) is 0 Å². The molecule has 2 aliphatic rings. The average Bonchev–Trinajstić information content (AvgIpc) is 3.61. The van der Waals surface area contributed by atoms with Crippen LogP contribution in [0.3, 0.4) is 0 Å². The zero-order valence-corrected chi connectivity index (χ0v) is 28.2. The van der Waals surface area contributed by atoms with E-state index in [-0.39, 0.29) is 5.91 Å². The molecule has 12 heteroatoms. The minimum absolute atomic E-state index is 0.172. The summed E-state index contributed by atoms with van der Waals surface area (Å²) in [7, 11) is 2.03. The maximum Gasteiger partial charge on any atom is 0.255 e. The van der Waals surface area contributed by atoms with Gasteiger partial charge in [0.2, 0.25) is 5.88 Å². The van der Waals surface area contributed by atoms with E-state index in [1.54, 1.807) is 18.3 Å². The number of fused-ring (bicyclic) bond motifs is 2. The third-order valence-electron chi connectivity index (χ3n) is 8.68. The molecule has 6 heterocycles. The van der Waals surface area contributed by atoms with Crippen LogP contribution >= 0.6 is 11.6 Å². The maximum atomic E-state index is 13.0. The summed E-state index contributed by atoms with van der Waals surface area (Å²) in [4.78, 5) is 29.3. The number of aromatic amines is 1. The Morgan fingerprint density at radius 2 is 1.92 bits per heavy atom. The van der Waals surface area contributed by atoms with E-state index in [4.69, 9.17) is 31.0 Å². The van der Waals surface area contributed by atoms with Crippen molar-refractivity contribution in [2.24, 2.45) is 7.05 Å². The summed E-state index contributed by atoms with van der Waals surface area (Å²) >= 11 is 5.92. The monoisotopic (exact) mass is 676 g/mol. The van der Waals surface area contributed by atoms with E-state index in [9.17, 15) is 4.79 Å². The predicted molar refractivity (Wildman–Crippen MR) is 191 cm³/mol. The van der Waals surface area contributed by atoms with Crippen LogP contribution in [0.1, 0.15) is 46.1 Å². The van der Waals surface area contributed by atoms with E-state index in [1.807, 2.05) is 68.6 Å². The fourth-order valence-electron chi connectivity index (χ4n) is 5.70. The zero-order valence-electron chi connectivity index (χ0n) is 27.4. The first-order valence-corrected chi connectivity index (χ1v) is 16.7. The van der Waals surface area contributed by atoms with Gasteiger partial charge in [0.05, 0.1) is 39.5 Å². The Labute approximate surface area is 288 Å². The number of ether oxygens (including phenoxy) is 2. The number of hydrogen-bond donors (Lipinski definition) is 2. The average molecular weight is 677 g/mol. The molecule has 2 aromatic carbocycles. The molecule has 0 aliphatic carbocycles. The minimum Gasteiger partial charge on any atom is -0.471 e. The summed E-state index contributed by atoms with van der Waals surface area (Å²) in [6, 6.07) is 20.8. The Morgan fingerprint density at radius 1 is 1.06 bits per heavy atom. The highest BCUT2D eigenvalue weighted by atomic mass is 35.5. The molecular weight excluding hydrogens is 640 g/mol. The number of imidazole rings is 1. The highest BCUT2D eigenvalue weighted by Crippen LogP contribution is 2.26. The lowest BCUT2D eigenvalue weighted by Crippen LogP contribution is -2.29. The van der Waals surface area contributed by atoms with Gasteiger partial charge < -0.3 is 19.4 Å². The summed E-state index contributed by atoms with van der Waals surface area (Å²) in [5.41, 5.74) is 7.83. The molecule has 49 heavy (non-hydrogen) atoms. The van der Waals surface area contributed by atoms with E-state index in [0.717, 1.165) is 77.6 Å². The minimum atomic E-state index is -0.172. The van der Waals surface area contributed by atoms with Crippen LogP contribution in [0.5, 0.6) is 5.88 Å². The topological polar surface area (TPSA) is 123 Å². The Balaban J connectivity index is 0.000000883. The molecule has 0 bridgehead atoms. The number of carbonyl (C=O) groups is 1. The molecule has 11 nitrogen and oxygen atoms in total. The fourth-order valence-corrected chi connectivity index (χ4v) is 5.81. The standard InChI is InChI=1S/C34H31ClN8O2.C3H6O/c1-21-27-16-23(6-10-29(27)41-40-21)34(44)37-25-9-11-31-30(17-25)38-32(42(31)2)19-43-14-12-22(13-15-43)28-4-3-5-33(39-28)45-20-26-8-7-24(35)18-36-26;1-2-4-3-1/h3-12,16-18H,13-15,19-20H2,1-2H3,(H,37,44)(H,40,41);1-3H2. The second-order valence-corrected chi connectivity index (χ2v) is 12.6. The maximum absolute atomic E-state index is 13.0. The lowest BCUT2D eigenvalue weighted by molar-refractivity contribution is 0.0367. The van der Waals surface area contributed by atoms with Gasteiger partial charge >= 0.3 is 0 Å². The third-order valence-corrected chi connectivity index (χ3v) is 8.91. The first-order chi connectivity index (χ1) is 23.9. The van der Waals surface area contributed by atoms with E-state index in [0.29, 0.717) is 35.3 Å². The molecule has 2 aliphatic heterocycles. The van der Waals surface area contributed by atoms with Crippen LogP contribution in [-0.4, -0.2) is 66.8 Å². The molecule has 0 unspecified atom stereocenters. The third kappa shape index (κ3) is 7.64. The van der Waals surface area contributed by atoms with Crippen molar-refractivity contribution in [1.82, 2.24) is 34.6 Å². The van der Waals surface area contributed by atoms with Gasteiger partial charge in [0.1, 0.15) is 12.4 Å². The number of aryl methyl sites for hydroxylation is 2. The van der Waals surface area contributed by atoms with Crippen molar-refractivity contribution in [3.05, 3.63) is 112 Å². The van der Waals surface area contributed by atoms with Crippen molar-refractivity contribution in [2.75, 3.05) is 31.6 Å². The highest BCUT2D eigenvalue weighted by molar-refractivity contribution is 6.30. The first-order valence-electron chi connectivity index (χ1n) is 16.3. The molecule has 0 spiro atoms. The Bertz CT molecular complexity index is 2130. The Morgan fingerprint density at radius 3 is 2.67 bits per heavy atom. The number of rotatable bonds is 8. The number of anilines is 1. The van der Waals surface area contributed by atoms with Crippen molar-refractivity contribution in [3.8, 4) is 5.88 Å². The summed E-state index contributed by atoms with van der Waals surface area (Å²) in [6.07, 6.45) is 5.99. The molecule has 1 fully saturated rings. The van der Waals surface area contributed by atoms with E-state index in [1.165, 1.54) is 12.0 Å². The van der Waals surface area contributed by atoms with E-state index < -0.39 is 0 Å². The van der Waals surface area contributed by atoms with Crippen molar-refractivity contribution in [3.63, 3.8) is 0 Å². The second-order valence-electron chi connectivity index (χ2n) is 12.1. The molecule has 1 saturated heterocycles. The molecule has 1 amide bonds. The lowest BCUT2D eigenvalue weighted by Gasteiger charge is -2.25. The quantitative estimate of drug-likeness (QED) is 0.182. The van der Waals surface area contributed by atoms with Gasteiger partial charge in [-0.1, -0.05) is 23.7 Å². The van der Waals surface area contributed by atoms with Gasteiger partial charge in [0.15, 0.2) is 0 Å². The molecular formula is C37H37ClN8O3. The molecule has 0 radical (unpaired) electrons. The lowest BCUT2D eigenvalue weighted by atomic mass is 10.0. The summed E-state index contributed by atoms with van der Waals surface area (Å²) in [5.74, 6) is 1.36. The number of halogens is 1. The Kier molecular flexibility index (Phi) is 9.65. The van der Waals surface area contributed by atoms with Crippen molar-refractivity contribution in [1.29, 1.82) is 0 Å². The van der Waals surface area contributed by atoms with Crippen LogP contribution in [0.2, 0.25) is 5.02 Å². The SMILES string of the molecule is C1COC1.Cc1[nH]nc2ccc(C(=O)Nc3ccc4c(c3)nc(CN3CC=C(c5cccc(OCc6ccc(Cl)cn6)n5)CC3)n4C)cc12. The van der Waals surface area contributed by atoms with Crippen LogP contribution < -0.4 is 10.1 Å². The molecule has 8 rings (SSSR count). The number of hydrogen-bond acceptors (Lipinski definition) is 8. The van der Waals surface area contributed by atoms with Crippen molar-refractivity contribution in [2.45, 2.75) is 32.9 Å². The normalized spacial score (nSPS) is 14.6. The number of nitrogens with zero attached hydrogens (tertiary/aromatic N) is 6. The second kappa shape index (κ2) is 14.6. The van der Waals surface area contributed by atoms with Gasteiger partial charge in [-0.25, -0.2) is 9.97 Å². The predicted octanol–water partition coefficient (Wildman–Crippen LogP) is 6.73. The molecule has 0 atom stereocenters. The number of aromatic nitrogens is 6. The van der Waals surface area contributed by atoms with Crippen LogP contribution in [0.25, 0.3) is 27.5 Å². The first kappa shape index (κ1) is 32.4. The molecule has 4 aromatic heterocycles. The largest absolute Gasteiger partial charge is 0.471 e. The zero-order chi connectivity index (χ0) is 33.7. The number of pyridine rings is 2. The van der Waals surface area contributed by atoms with Gasteiger partial charge in [-0.05, 0) is 79.9 Å². The van der Waals surface area contributed by atoms with Crippen molar-refractivity contribution < 1.29 is 14.3 Å². The van der Waals surface area contributed by atoms with Gasteiger partial charge in [0.25, 0.3) is 5.91 Å².